The van der Waals surface area contributed by atoms with Crippen molar-refractivity contribution in [1.29, 1.82) is 0 Å². The van der Waals surface area contributed by atoms with E-state index in [1.165, 1.54) is 6.41 Å². The Morgan fingerprint density at radius 3 is 2.13 bits per heavy atom. The van der Waals surface area contributed by atoms with Crippen molar-refractivity contribution in [3.63, 3.8) is 0 Å². The fourth-order valence-electron chi connectivity index (χ4n) is 1.48. The van der Waals surface area contributed by atoms with Gasteiger partial charge in [0.05, 0.1) is 18.0 Å². The number of thiol groups is 1. The number of carbonyl (C=O) groups is 1. The summed E-state index contributed by atoms with van der Waals surface area (Å²) in [6.07, 6.45) is 1.00. The van der Waals surface area contributed by atoms with Crippen molar-refractivity contribution in [2.45, 2.75) is 51.9 Å². The Bertz CT molecular complexity index is 441. The molecule has 0 aliphatic rings. The summed E-state index contributed by atoms with van der Waals surface area (Å²) >= 11 is 4.42. The number of nitrogens with two attached hydrogens (primary N) is 1. The van der Waals surface area contributed by atoms with Crippen molar-refractivity contribution in [1.82, 2.24) is 16.2 Å². The molecule has 0 heterocycles. The minimum Gasteiger partial charge on any atom is -1.00 e. The van der Waals surface area contributed by atoms with E-state index in [1.54, 1.807) is 20.8 Å². The summed E-state index contributed by atoms with van der Waals surface area (Å²) in [6, 6.07) is 0. The second-order valence-electron chi connectivity index (χ2n) is 8.28. The summed E-state index contributed by atoms with van der Waals surface area (Å²) < 4.78 is 14.7. The van der Waals surface area contributed by atoms with Crippen molar-refractivity contribution in [2.75, 3.05) is 39.5 Å². The van der Waals surface area contributed by atoms with Gasteiger partial charge in [-0.15, -0.1) is 0 Å². The molecule has 4 radical (unpaired) electrons. The number of hydrogen-bond donors (Lipinski definition) is 5. The minimum atomic E-state index is -0.526. The van der Waals surface area contributed by atoms with Crippen LogP contribution in [0.25, 0.3) is 0 Å². The summed E-state index contributed by atoms with van der Waals surface area (Å²) in [7, 11) is 3.26. The molecule has 0 aromatic rings. The average Bonchev–Trinajstić information content (AvgIpc) is 2.55. The van der Waals surface area contributed by atoms with E-state index in [2.05, 4.69) is 40.6 Å². The maximum Gasteiger partial charge on any atom is 1.00 e. The molecule has 0 aliphatic heterocycles. The minimum absolute atomic E-state index is 0. The molecule has 0 fully saturated rings. The number of amides is 2. The van der Waals surface area contributed by atoms with Crippen LogP contribution >= 0.6 is 12.6 Å². The number of carbonyl (C=O) groups excluding carboxylic acids is 2. The first-order valence-corrected chi connectivity index (χ1v) is 9.42. The SMILES string of the molecule is CC(S)(CNC(=O)OC(C)(C)C)COCCNN[C-]=O.[B-].[CH2-]OCC(C)(C)CN.[K+]. The molecule has 30 heavy (non-hydrogen) atoms. The van der Waals surface area contributed by atoms with Gasteiger partial charge in [0, 0.05) is 19.7 Å². The van der Waals surface area contributed by atoms with Crippen LogP contribution < -0.4 is 73.3 Å². The van der Waals surface area contributed by atoms with Crippen molar-refractivity contribution in [3.05, 3.63) is 7.11 Å². The average molecular weight is 473 g/mol. The first-order chi connectivity index (χ1) is 12.8. The predicted octanol–water partition coefficient (Wildman–Crippen LogP) is -2.22. The zero-order valence-corrected chi connectivity index (χ0v) is 23.6. The third kappa shape index (κ3) is 28.6. The van der Waals surface area contributed by atoms with Crippen molar-refractivity contribution in [2.24, 2.45) is 11.1 Å². The molecule has 5 N–H and O–H groups in total. The van der Waals surface area contributed by atoms with Gasteiger partial charge in [-0.3, -0.25) is 5.43 Å². The molecule has 0 saturated carbocycles. The molecule has 0 aliphatic carbocycles. The Labute approximate surface area is 232 Å². The number of nitrogens with one attached hydrogen (secondary N) is 3. The van der Waals surface area contributed by atoms with Gasteiger partial charge in [-0.05, 0) is 39.7 Å². The molecular weight excluding hydrogens is 434 g/mol. The Morgan fingerprint density at radius 1 is 1.17 bits per heavy atom. The zero-order valence-electron chi connectivity index (χ0n) is 19.6. The molecule has 9 nitrogen and oxygen atoms in total. The van der Waals surface area contributed by atoms with Gasteiger partial charge >= 0.3 is 57.5 Å². The number of ether oxygens (including phenoxy) is 3. The molecule has 0 rings (SSSR count). The number of hydrazine groups is 1. The van der Waals surface area contributed by atoms with Crippen LogP contribution in [0.15, 0.2) is 0 Å². The molecule has 0 spiro atoms. The Hall–Kier alpha value is 0.631. The van der Waals surface area contributed by atoms with E-state index in [-0.39, 0.29) is 65.2 Å². The van der Waals surface area contributed by atoms with Crippen LogP contribution in [0.1, 0.15) is 41.5 Å². The maximum absolute atomic E-state index is 11.5. The van der Waals surface area contributed by atoms with E-state index in [0.29, 0.717) is 39.5 Å². The summed E-state index contributed by atoms with van der Waals surface area (Å²) in [6.45, 7) is 14.1. The van der Waals surface area contributed by atoms with E-state index in [1.807, 2.05) is 20.8 Å². The van der Waals surface area contributed by atoms with Crippen molar-refractivity contribution >= 4 is 33.5 Å². The predicted molar refractivity (Wildman–Crippen MR) is 119 cm³/mol. The normalized spacial score (nSPS) is 12.7. The first-order valence-electron chi connectivity index (χ1n) is 8.97. The standard InChI is InChI=1S/C12H24N3O4S.C6H14NO.B.K/c1-11(2,3)19-10(17)13-7-12(4,20)8-18-6-5-14-15-9-16;1-6(2,4-7)5-8-3;;/h14,20H,5-8H2,1-4H3,(H,13,17)(H,15,16);3-5,7H2,1-2H3;;/q3*-1;+1. The molecule has 0 bridgehead atoms. The van der Waals surface area contributed by atoms with Gasteiger partial charge in [0.1, 0.15) is 5.60 Å². The van der Waals surface area contributed by atoms with Gasteiger partial charge in [0.2, 0.25) is 0 Å². The molecule has 0 saturated heterocycles. The Balaban J connectivity index is -0.000000288. The van der Waals surface area contributed by atoms with E-state index in [0.717, 1.165) is 0 Å². The largest absolute Gasteiger partial charge is 1.00 e. The first kappa shape index (κ1) is 37.9. The van der Waals surface area contributed by atoms with Crippen LogP contribution in [0, 0.1) is 12.5 Å². The topological polar surface area (TPSA) is 124 Å². The Morgan fingerprint density at radius 2 is 1.73 bits per heavy atom. The fourth-order valence-corrected chi connectivity index (χ4v) is 1.65. The summed E-state index contributed by atoms with van der Waals surface area (Å²) in [5, 5.41) is 2.64. The maximum atomic E-state index is 11.5. The molecule has 2 amide bonds. The zero-order chi connectivity index (χ0) is 22.3. The molecular formula is C18H38BKN4O5S-2. The van der Waals surface area contributed by atoms with E-state index in [9.17, 15) is 9.59 Å². The van der Waals surface area contributed by atoms with Gasteiger partial charge < -0.3 is 43.9 Å². The second kappa shape index (κ2) is 20.3. The van der Waals surface area contributed by atoms with Crippen molar-refractivity contribution < 1.29 is 75.2 Å². The molecule has 172 valence electrons. The van der Waals surface area contributed by atoms with Gasteiger partial charge in [0.25, 0.3) is 0 Å². The number of rotatable bonds is 12. The Kier molecular flexibility index (Phi) is 25.6. The van der Waals surface area contributed by atoms with Crippen LogP contribution in [0.2, 0.25) is 0 Å². The van der Waals surface area contributed by atoms with E-state index >= 15 is 0 Å². The molecule has 12 heteroatoms. The monoisotopic (exact) mass is 472 g/mol. The van der Waals surface area contributed by atoms with Crippen LogP contribution in [-0.2, 0) is 19.0 Å². The summed E-state index contributed by atoms with van der Waals surface area (Å²) in [5.41, 5.74) is 9.71. The van der Waals surface area contributed by atoms with Crippen LogP contribution in [-0.4, -0.2) is 70.7 Å². The third-order valence-electron chi connectivity index (χ3n) is 2.98. The molecule has 1 atom stereocenters. The van der Waals surface area contributed by atoms with Crippen LogP contribution in [0.5, 0.6) is 0 Å². The number of alkyl carbamates (subject to hydrolysis) is 1. The fraction of sp³-hybridized carbons (Fsp3) is 0.833. The van der Waals surface area contributed by atoms with Gasteiger partial charge in [-0.1, -0.05) is 13.8 Å². The number of hydrogen-bond acceptors (Lipinski definition) is 8. The van der Waals surface area contributed by atoms with E-state index in [4.69, 9.17) is 15.2 Å². The van der Waals surface area contributed by atoms with Crippen molar-refractivity contribution in [3.8, 4) is 0 Å². The third-order valence-corrected chi connectivity index (χ3v) is 3.27. The van der Waals surface area contributed by atoms with Gasteiger partial charge in [-0.25, -0.2) is 11.9 Å². The summed E-state index contributed by atoms with van der Waals surface area (Å²) in [5.74, 6) is 0. The van der Waals surface area contributed by atoms with Gasteiger partial charge in [0.15, 0.2) is 0 Å². The second-order valence-corrected chi connectivity index (χ2v) is 9.36. The van der Waals surface area contributed by atoms with E-state index < -0.39 is 16.4 Å². The molecule has 0 aromatic heterocycles. The van der Waals surface area contributed by atoms with Gasteiger partial charge in [-0.2, -0.15) is 19.0 Å². The molecule has 1 unspecified atom stereocenters. The van der Waals surface area contributed by atoms with Crippen LogP contribution in [0.3, 0.4) is 0 Å². The smallest absolute Gasteiger partial charge is 1.00 e. The van der Waals surface area contributed by atoms with Crippen LogP contribution in [0.4, 0.5) is 4.79 Å². The quantitative estimate of drug-likeness (QED) is 0.0545. The molecule has 0 aromatic carbocycles. The summed E-state index contributed by atoms with van der Waals surface area (Å²) in [4.78, 5) is 21.3.